The van der Waals surface area contributed by atoms with Gasteiger partial charge >= 0.3 is 0 Å². The first kappa shape index (κ1) is 14.1. The van der Waals surface area contributed by atoms with Crippen LogP contribution in [0.3, 0.4) is 0 Å². The highest BCUT2D eigenvalue weighted by atomic mass is 19.1. The molecule has 1 aliphatic rings. The third kappa shape index (κ3) is 2.80. The molecule has 1 aromatic carbocycles. The summed E-state index contributed by atoms with van der Waals surface area (Å²) in [4.78, 5) is 17.7. The predicted octanol–water partition coefficient (Wildman–Crippen LogP) is 3.64. The van der Waals surface area contributed by atoms with Crippen LogP contribution in [0.15, 0.2) is 24.4 Å². The van der Waals surface area contributed by atoms with E-state index in [1.807, 2.05) is 11.1 Å². The maximum atomic E-state index is 13.2. The molecule has 3 nitrogen and oxygen atoms in total. The van der Waals surface area contributed by atoms with E-state index in [1.54, 1.807) is 6.07 Å². The van der Waals surface area contributed by atoms with Gasteiger partial charge in [-0.3, -0.25) is 4.79 Å². The number of hydrogen-bond acceptors (Lipinski definition) is 1. The summed E-state index contributed by atoms with van der Waals surface area (Å²) in [6.45, 7) is 3.01. The number of carbonyl (C=O) groups excluding carboxylic acids is 1. The molecule has 0 spiro atoms. The van der Waals surface area contributed by atoms with E-state index < -0.39 is 0 Å². The van der Waals surface area contributed by atoms with Gasteiger partial charge in [0.15, 0.2) is 0 Å². The van der Waals surface area contributed by atoms with Crippen LogP contribution < -0.4 is 0 Å². The molecule has 112 valence electrons. The van der Waals surface area contributed by atoms with E-state index >= 15 is 0 Å². The van der Waals surface area contributed by atoms with Crippen molar-refractivity contribution in [3.8, 4) is 0 Å². The number of halogens is 1. The van der Waals surface area contributed by atoms with Crippen molar-refractivity contribution in [2.75, 3.05) is 6.54 Å². The minimum atomic E-state index is -0.260. The molecule has 1 aromatic heterocycles. The summed E-state index contributed by atoms with van der Waals surface area (Å²) in [5.41, 5.74) is 1.71. The summed E-state index contributed by atoms with van der Waals surface area (Å²) in [7, 11) is 0. The van der Waals surface area contributed by atoms with Gasteiger partial charge in [0.2, 0.25) is 5.91 Å². The Labute approximate surface area is 124 Å². The van der Waals surface area contributed by atoms with Crippen molar-refractivity contribution >= 4 is 16.8 Å². The number of carbonyl (C=O) groups is 1. The number of likely N-dealkylation sites (tertiary alicyclic amines) is 1. The third-order valence-electron chi connectivity index (χ3n) is 4.49. The van der Waals surface area contributed by atoms with Crippen LogP contribution in [-0.2, 0) is 11.2 Å². The summed E-state index contributed by atoms with van der Waals surface area (Å²) >= 11 is 0. The summed E-state index contributed by atoms with van der Waals surface area (Å²) in [6, 6.07) is 5.05. The molecular formula is C17H21FN2O. The van der Waals surface area contributed by atoms with Gasteiger partial charge in [-0.1, -0.05) is 6.92 Å². The Kier molecular flexibility index (Phi) is 3.95. The lowest BCUT2D eigenvalue weighted by molar-refractivity contribution is -0.134. The van der Waals surface area contributed by atoms with E-state index in [0.29, 0.717) is 12.5 Å². The molecule has 1 unspecified atom stereocenters. The van der Waals surface area contributed by atoms with Gasteiger partial charge < -0.3 is 9.88 Å². The highest BCUT2D eigenvalue weighted by Gasteiger charge is 2.25. The van der Waals surface area contributed by atoms with Crippen LogP contribution in [0, 0.1) is 5.82 Å². The monoisotopic (exact) mass is 288 g/mol. The molecule has 0 saturated carbocycles. The van der Waals surface area contributed by atoms with Gasteiger partial charge in [0.1, 0.15) is 5.82 Å². The van der Waals surface area contributed by atoms with E-state index in [2.05, 4.69) is 11.9 Å². The predicted molar refractivity (Wildman–Crippen MR) is 81.6 cm³/mol. The first-order valence-electron chi connectivity index (χ1n) is 7.74. The normalized spacial score (nSPS) is 19.1. The Morgan fingerprint density at radius 1 is 1.43 bits per heavy atom. The van der Waals surface area contributed by atoms with Gasteiger partial charge in [-0.05, 0) is 49.4 Å². The maximum Gasteiger partial charge on any atom is 0.227 e. The zero-order valence-electron chi connectivity index (χ0n) is 12.4. The van der Waals surface area contributed by atoms with Crippen LogP contribution in [0.5, 0.6) is 0 Å². The van der Waals surface area contributed by atoms with Crippen LogP contribution in [0.2, 0.25) is 0 Å². The average molecular weight is 288 g/mol. The second-order valence-corrected chi connectivity index (χ2v) is 5.83. The summed E-state index contributed by atoms with van der Waals surface area (Å²) in [5, 5.41) is 0.940. The first-order valence-corrected chi connectivity index (χ1v) is 7.74. The van der Waals surface area contributed by atoms with Crippen LogP contribution in [0.4, 0.5) is 4.39 Å². The van der Waals surface area contributed by atoms with Gasteiger partial charge in [0, 0.05) is 29.7 Å². The molecular weight excluding hydrogens is 267 g/mol. The van der Waals surface area contributed by atoms with Gasteiger partial charge in [-0.15, -0.1) is 0 Å². The zero-order chi connectivity index (χ0) is 14.8. The zero-order valence-corrected chi connectivity index (χ0v) is 12.4. The quantitative estimate of drug-likeness (QED) is 0.919. The van der Waals surface area contributed by atoms with E-state index in [-0.39, 0.29) is 11.7 Å². The van der Waals surface area contributed by atoms with Crippen molar-refractivity contribution in [3.05, 3.63) is 35.8 Å². The average Bonchev–Trinajstić information content (AvgIpc) is 2.89. The Balaban J connectivity index is 1.79. The van der Waals surface area contributed by atoms with Gasteiger partial charge in [0.05, 0.1) is 6.42 Å². The number of hydrogen-bond donors (Lipinski definition) is 1. The fraction of sp³-hybridized carbons (Fsp3) is 0.471. The second-order valence-electron chi connectivity index (χ2n) is 5.83. The molecule has 2 aromatic rings. The number of benzene rings is 1. The molecule has 1 fully saturated rings. The summed E-state index contributed by atoms with van der Waals surface area (Å²) < 4.78 is 13.2. The van der Waals surface area contributed by atoms with Gasteiger partial charge in [0.25, 0.3) is 0 Å². The van der Waals surface area contributed by atoms with Crippen LogP contribution in [0.25, 0.3) is 10.9 Å². The van der Waals surface area contributed by atoms with Crippen LogP contribution >= 0.6 is 0 Å². The van der Waals surface area contributed by atoms with E-state index in [1.165, 1.54) is 18.6 Å². The SMILES string of the molecule is CCC1CCCCN1C(=O)Cc1c[nH]c2cc(F)ccc12. The Hall–Kier alpha value is -1.84. The lowest BCUT2D eigenvalue weighted by Crippen LogP contribution is -2.44. The minimum absolute atomic E-state index is 0.187. The van der Waals surface area contributed by atoms with Crippen LogP contribution in [-0.4, -0.2) is 28.4 Å². The van der Waals surface area contributed by atoms with Crippen molar-refractivity contribution in [2.45, 2.75) is 45.1 Å². The number of nitrogens with one attached hydrogen (secondary N) is 1. The number of amides is 1. The van der Waals surface area contributed by atoms with Crippen LogP contribution in [0.1, 0.15) is 38.2 Å². The molecule has 1 aliphatic heterocycles. The lowest BCUT2D eigenvalue weighted by Gasteiger charge is -2.35. The van der Waals surface area contributed by atoms with Crippen molar-refractivity contribution in [1.29, 1.82) is 0 Å². The molecule has 1 saturated heterocycles. The maximum absolute atomic E-state index is 13.2. The standard InChI is InChI=1S/C17H21FN2O/c1-2-14-5-3-4-8-20(14)17(21)9-12-11-19-16-10-13(18)6-7-15(12)16/h6-7,10-11,14,19H,2-5,8-9H2,1H3. The number of piperidine rings is 1. The molecule has 1 atom stereocenters. The van der Waals surface area contributed by atoms with Crippen molar-refractivity contribution < 1.29 is 9.18 Å². The van der Waals surface area contributed by atoms with Crippen molar-refractivity contribution in [1.82, 2.24) is 9.88 Å². The van der Waals surface area contributed by atoms with E-state index in [4.69, 9.17) is 0 Å². The molecule has 2 heterocycles. The molecule has 0 bridgehead atoms. The minimum Gasteiger partial charge on any atom is -0.361 e. The number of aromatic nitrogens is 1. The number of aromatic amines is 1. The van der Waals surface area contributed by atoms with E-state index in [0.717, 1.165) is 42.3 Å². The highest BCUT2D eigenvalue weighted by molar-refractivity contribution is 5.89. The Morgan fingerprint density at radius 3 is 3.10 bits per heavy atom. The third-order valence-corrected chi connectivity index (χ3v) is 4.49. The first-order chi connectivity index (χ1) is 10.2. The number of rotatable bonds is 3. The number of nitrogens with zero attached hydrogens (tertiary/aromatic N) is 1. The summed E-state index contributed by atoms with van der Waals surface area (Å²) in [6.07, 6.45) is 6.66. The molecule has 3 rings (SSSR count). The fourth-order valence-electron chi connectivity index (χ4n) is 3.32. The second kappa shape index (κ2) is 5.88. The largest absolute Gasteiger partial charge is 0.361 e. The molecule has 0 aliphatic carbocycles. The number of H-pyrrole nitrogens is 1. The molecule has 0 radical (unpaired) electrons. The number of fused-ring (bicyclic) bond motifs is 1. The smallest absolute Gasteiger partial charge is 0.227 e. The molecule has 1 N–H and O–H groups in total. The van der Waals surface area contributed by atoms with Gasteiger partial charge in [-0.25, -0.2) is 4.39 Å². The Bertz CT molecular complexity index is 649. The van der Waals surface area contributed by atoms with Gasteiger partial charge in [-0.2, -0.15) is 0 Å². The molecule has 1 amide bonds. The highest BCUT2D eigenvalue weighted by Crippen LogP contribution is 2.23. The lowest BCUT2D eigenvalue weighted by atomic mass is 9.99. The summed E-state index contributed by atoms with van der Waals surface area (Å²) in [5.74, 6) is -0.0731. The van der Waals surface area contributed by atoms with Crippen molar-refractivity contribution in [3.63, 3.8) is 0 Å². The molecule has 4 heteroatoms. The topological polar surface area (TPSA) is 36.1 Å². The van der Waals surface area contributed by atoms with E-state index in [9.17, 15) is 9.18 Å². The fourth-order valence-corrected chi connectivity index (χ4v) is 3.32. The Morgan fingerprint density at radius 2 is 2.29 bits per heavy atom. The molecule has 21 heavy (non-hydrogen) atoms. The van der Waals surface area contributed by atoms with Crippen molar-refractivity contribution in [2.24, 2.45) is 0 Å².